The predicted molar refractivity (Wildman–Crippen MR) is 128 cm³/mol. The summed E-state index contributed by atoms with van der Waals surface area (Å²) < 4.78 is 36.8. The Bertz CT molecular complexity index is 1410. The van der Waals surface area contributed by atoms with E-state index < -0.39 is 28.1 Å². The van der Waals surface area contributed by atoms with Crippen LogP contribution in [0.2, 0.25) is 5.02 Å². The normalized spacial score (nSPS) is 13.4. The van der Waals surface area contributed by atoms with Crippen LogP contribution in [0.5, 0.6) is 0 Å². The number of rotatable bonds is 7. The Morgan fingerprint density at radius 3 is 2.58 bits per heavy atom. The number of nitrogens with one attached hydrogen (secondary N) is 2. The first kappa shape index (κ1) is 23.1. The lowest BCUT2D eigenvalue weighted by molar-refractivity contribution is 0.0853. The molecule has 0 bridgehead atoms. The third-order valence-corrected chi connectivity index (χ3v) is 7.16. The molecule has 0 spiro atoms. The zero-order valence-corrected chi connectivity index (χ0v) is 19.7. The van der Waals surface area contributed by atoms with Crippen molar-refractivity contribution in [1.29, 1.82) is 0 Å². The maximum atomic E-state index is 13.1. The van der Waals surface area contributed by atoms with E-state index in [1.165, 1.54) is 24.3 Å². The molecule has 0 saturated carbocycles. The maximum absolute atomic E-state index is 13.1. The summed E-state index contributed by atoms with van der Waals surface area (Å²) in [5, 5.41) is 13.5. The Labute approximate surface area is 199 Å². The first-order chi connectivity index (χ1) is 15.8. The first-order valence-corrected chi connectivity index (χ1v) is 12.4. The Morgan fingerprint density at radius 2 is 1.82 bits per heavy atom. The van der Waals surface area contributed by atoms with Gasteiger partial charge in [0.25, 0.3) is 15.9 Å². The number of nitrogens with zero attached hydrogens (tertiary/aromatic N) is 2. The topological polar surface area (TPSA) is 121 Å². The number of halogens is 1. The number of aromatic nitrogens is 2. The van der Waals surface area contributed by atoms with Crippen LogP contribution in [0.15, 0.2) is 71.6 Å². The number of sulfonamides is 1. The minimum Gasteiger partial charge on any atom is -0.386 e. The van der Waals surface area contributed by atoms with Crippen LogP contribution in [-0.4, -0.2) is 34.2 Å². The second-order valence-electron chi connectivity index (χ2n) is 7.30. The van der Waals surface area contributed by atoms with Crippen LogP contribution in [0, 0.1) is 0 Å². The fourth-order valence-corrected chi connectivity index (χ4v) is 5.31. The monoisotopic (exact) mass is 502 g/mol. The third-order valence-electron chi connectivity index (χ3n) is 4.98. The molecule has 0 radical (unpaired) electrons. The smallest absolute Gasteiger partial charge is 0.264 e. The van der Waals surface area contributed by atoms with Gasteiger partial charge in [-0.25, -0.2) is 8.42 Å². The standard InChI is InChI=1S/C22H19ClN4O4S2/c1-13(21(28)14-6-3-2-4-7-14)24-22(29)16-11-10-15(23)12-18(16)27-33(30,31)19-9-5-8-17-20(19)26-32-25-17/h2-13,21,27-28H,1H3,(H,24,29)/t13-,21-/m1/s1. The maximum Gasteiger partial charge on any atom is 0.264 e. The van der Waals surface area contributed by atoms with Crippen molar-refractivity contribution in [3.8, 4) is 0 Å². The van der Waals surface area contributed by atoms with Crippen molar-refractivity contribution in [2.24, 2.45) is 0 Å². The number of hydrogen-bond donors (Lipinski definition) is 3. The van der Waals surface area contributed by atoms with Crippen molar-refractivity contribution in [1.82, 2.24) is 14.1 Å². The zero-order valence-electron chi connectivity index (χ0n) is 17.3. The number of benzene rings is 3. The van der Waals surface area contributed by atoms with Crippen molar-refractivity contribution in [3.63, 3.8) is 0 Å². The molecule has 1 heterocycles. The van der Waals surface area contributed by atoms with Gasteiger partial charge < -0.3 is 10.4 Å². The molecule has 0 aliphatic heterocycles. The molecule has 0 aliphatic rings. The molecule has 0 fully saturated rings. The highest BCUT2D eigenvalue weighted by Gasteiger charge is 2.24. The van der Waals surface area contributed by atoms with Gasteiger partial charge in [0, 0.05) is 5.02 Å². The van der Waals surface area contributed by atoms with E-state index in [9.17, 15) is 18.3 Å². The third kappa shape index (κ3) is 4.98. The number of carbonyl (C=O) groups is 1. The van der Waals surface area contributed by atoms with Gasteiger partial charge in [-0.05, 0) is 42.8 Å². The molecule has 33 heavy (non-hydrogen) atoms. The summed E-state index contributed by atoms with van der Waals surface area (Å²) >= 11 is 6.99. The van der Waals surface area contributed by atoms with E-state index in [4.69, 9.17) is 11.6 Å². The molecule has 0 unspecified atom stereocenters. The molecule has 2 atom stereocenters. The molecular weight excluding hydrogens is 484 g/mol. The number of hydrogen-bond acceptors (Lipinski definition) is 7. The van der Waals surface area contributed by atoms with Crippen molar-refractivity contribution in [2.45, 2.75) is 24.0 Å². The number of aliphatic hydroxyl groups is 1. The van der Waals surface area contributed by atoms with E-state index in [-0.39, 0.29) is 26.7 Å². The molecule has 11 heteroatoms. The van der Waals surface area contributed by atoms with Crippen LogP contribution in [-0.2, 0) is 10.0 Å². The van der Waals surface area contributed by atoms with Gasteiger partial charge in [0.2, 0.25) is 0 Å². The summed E-state index contributed by atoms with van der Waals surface area (Å²) in [6, 6.07) is 17.2. The number of aliphatic hydroxyl groups excluding tert-OH is 1. The van der Waals surface area contributed by atoms with Gasteiger partial charge in [-0.3, -0.25) is 9.52 Å². The van der Waals surface area contributed by atoms with Gasteiger partial charge in [0.1, 0.15) is 15.9 Å². The average molecular weight is 503 g/mol. The Morgan fingerprint density at radius 1 is 1.06 bits per heavy atom. The first-order valence-electron chi connectivity index (χ1n) is 9.84. The quantitative estimate of drug-likeness (QED) is 0.351. The summed E-state index contributed by atoms with van der Waals surface area (Å²) in [6.07, 6.45) is -0.947. The highest BCUT2D eigenvalue weighted by molar-refractivity contribution is 7.93. The average Bonchev–Trinajstić information content (AvgIpc) is 3.27. The van der Waals surface area contributed by atoms with Crippen molar-refractivity contribution in [3.05, 3.63) is 82.9 Å². The van der Waals surface area contributed by atoms with Gasteiger partial charge in [0.15, 0.2) is 0 Å². The van der Waals surface area contributed by atoms with E-state index in [2.05, 4.69) is 18.8 Å². The van der Waals surface area contributed by atoms with Crippen LogP contribution < -0.4 is 10.0 Å². The fraction of sp³-hybridized carbons (Fsp3) is 0.136. The number of carbonyl (C=O) groups excluding carboxylic acids is 1. The molecule has 3 N–H and O–H groups in total. The summed E-state index contributed by atoms with van der Waals surface area (Å²) in [5.74, 6) is -0.569. The predicted octanol–water partition coefficient (Wildman–Crippen LogP) is 4.00. The van der Waals surface area contributed by atoms with Crippen LogP contribution in [0.4, 0.5) is 5.69 Å². The van der Waals surface area contributed by atoms with E-state index in [0.717, 1.165) is 11.7 Å². The molecule has 1 aromatic heterocycles. The zero-order chi connectivity index (χ0) is 23.6. The fourth-order valence-electron chi connectivity index (χ4n) is 3.30. The lowest BCUT2D eigenvalue weighted by atomic mass is 10.0. The highest BCUT2D eigenvalue weighted by atomic mass is 35.5. The number of amides is 1. The molecule has 0 aliphatic carbocycles. The minimum atomic E-state index is -4.10. The summed E-state index contributed by atoms with van der Waals surface area (Å²) in [7, 11) is -4.10. The van der Waals surface area contributed by atoms with Crippen molar-refractivity contribution >= 4 is 56.0 Å². The van der Waals surface area contributed by atoms with E-state index >= 15 is 0 Å². The lowest BCUT2D eigenvalue weighted by Crippen LogP contribution is -2.37. The van der Waals surface area contributed by atoms with E-state index in [1.54, 1.807) is 43.3 Å². The molecule has 4 rings (SSSR count). The van der Waals surface area contributed by atoms with Gasteiger partial charge >= 0.3 is 0 Å². The van der Waals surface area contributed by atoms with E-state index in [1.807, 2.05) is 6.07 Å². The van der Waals surface area contributed by atoms with E-state index in [0.29, 0.717) is 11.1 Å². The Kier molecular flexibility index (Phi) is 6.61. The van der Waals surface area contributed by atoms with Gasteiger partial charge in [0.05, 0.1) is 35.1 Å². The Balaban J connectivity index is 1.61. The number of fused-ring (bicyclic) bond motifs is 1. The summed E-state index contributed by atoms with van der Waals surface area (Å²) in [4.78, 5) is 12.9. The van der Waals surface area contributed by atoms with Crippen LogP contribution >= 0.6 is 23.3 Å². The molecule has 170 valence electrons. The van der Waals surface area contributed by atoms with Crippen molar-refractivity contribution in [2.75, 3.05) is 4.72 Å². The highest BCUT2D eigenvalue weighted by Crippen LogP contribution is 2.27. The molecule has 0 saturated heterocycles. The van der Waals surface area contributed by atoms with Gasteiger partial charge in [-0.2, -0.15) is 8.75 Å². The molecule has 3 aromatic carbocycles. The molecule has 1 amide bonds. The minimum absolute atomic E-state index is 0.00147. The van der Waals surface area contributed by atoms with Crippen LogP contribution in [0.25, 0.3) is 11.0 Å². The second-order valence-corrected chi connectivity index (χ2v) is 9.92. The largest absolute Gasteiger partial charge is 0.386 e. The Hall–Kier alpha value is -3.05. The lowest BCUT2D eigenvalue weighted by Gasteiger charge is -2.21. The molecule has 4 aromatic rings. The summed E-state index contributed by atoms with van der Waals surface area (Å²) in [5.41, 5.74) is 1.39. The molecular formula is C22H19ClN4O4S2. The number of anilines is 1. The summed E-state index contributed by atoms with van der Waals surface area (Å²) in [6.45, 7) is 1.66. The van der Waals surface area contributed by atoms with Crippen molar-refractivity contribution < 1.29 is 18.3 Å². The van der Waals surface area contributed by atoms with Crippen LogP contribution in [0.1, 0.15) is 28.9 Å². The SMILES string of the molecule is C[C@@H](NC(=O)c1ccc(Cl)cc1NS(=O)(=O)c1cccc2nsnc12)[C@@H](O)c1ccccc1. The van der Waals surface area contributed by atoms with Crippen LogP contribution in [0.3, 0.4) is 0 Å². The molecule has 8 nitrogen and oxygen atoms in total. The second kappa shape index (κ2) is 9.44. The van der Waals surface area contributed by atoms with Gasteiger partial charge in [-0.1, -0.05) is 48.0 Å². The van der Waals surface area contributed by atoms with Gasteiger partial charge in [-0.15, -0.1) is 0 Å².